The van der Waals surface area contributed by atoms with E-state index in [9.17, 15) is 18.3 Å². The second kappa shape index (κ2) is 5.04. The fraction of sp³-hybridized carbons (Fsp3) is 0.600. The molecule has 1 unspecified atom stereocenters. The Labute approximate surface area is 117 Å². The summed E-state index contributed by atoms with van der Waals surface area (Å²) in [4.78, 5) is 1.45. The number of nitrogens with zero attached hydrogens (tertiary/aromatic N) is 1. The predicted octanol–water partition coefficient (Wildman–Crippen LogP) is 3.22. The maximum atomic E-state index is 12.5. The molecule has 0 spiro atoms. The first-order valence-electron chi connectivity index (χ1n) is 6.72. The standard InChI is InChI=1S/C15H20F3NO/c1-10-6-12-7-13(14(2,3)20)5-4-11(12)8-19(10)9-15(16,17)18/h4-5,7,10,20H,6,8-9H2,1-3H3. The molecule has 1 aromatic rings. The molecule has 0 fully saturated rings. The summed E-state index contributed by atoms with van der Waals surface area (Å²) in [5, 5.41) is 10.0. The van der Waals surface area contributed by atoms with E-state index >= 15 is 0 Å². The van der Waals surface area contributed by atoms with Crippen molar-refractivity contribution in [2.45, 2.75) is 51.6 Å². The van der Waals surface area contributed by atoms with Gasteiger partial charge in [-0.05, 0) is 43.9 Å². The van der Waals surface area contributed by atoms with Crippen LogP contribution in [0.3, 0.4) is 0 Å². The van der Waals surface area contributed by atoms with E-state index in [4.69, 9.17) is 0 Å². The first kappa shape index (κ1) is 15.3. The van der Waals surface area contributed by atoms with Crippen molar-refractivity contribution in [2.75, 3.05) is 6.54 Å². The minimum absolute atomic E-state index is 0.152. The van der Waals surface area contributed by atoms with Crippen molar-refractivity contribution < 1.29 is 18.3 Å². The van der Waals surface area contributed by atoms with Gasteiger partial charge >= 0.3 is 6.18 Å². The molecule has 5 heteroatoms. The zero-order valence-corrected chi connectivity index (χ0v) is 12.0. The average Bonchev–Trinajstić information content (AvgIpc) is 2.26. The van der Waals surface area contributed by atoms with Crippen molar-refractivity contribution in [1.29, 1.82) is 0 Å². The highest BCUT2D eigenvalue weighted by molar-refractivity contribution is 5.36. The monoisotopic (exact) mass is 287 g/mol. The van der Waals surface area contributed by atoms with Crippen LogP contribution in [0.15, 0.2) is 18.2 Å². The molecule has 0 amide bonds. The van der Waals surface area contributed by atoms with E-state index in [-0.39, 0.29) is 6.04 Å². The van der Waals surface area contributed by atoms with E-state index in [0.29, 0.717) is 13.0 Å². The van der Waals surface area contributed by atoms with Gasteiger partial charge in [0.1, 0.15) is 0 Å². The molecule has 0 aliphatic carbocycles. The summed E-state index contributed by atoms with van der Waals surface area (Å²) in [6.45, 7) is 4.66. The quantitative estimate of drug-likeness (QED) is 0.902. The first-order valence-corrected chi connectivity index (χ1v) is 6.72. The molecule has 1 atom stereocenters. The lowest BCUT2D eigenvalue weighted by Gasteiger charge is -2.36. The van der Waals surface area contributed by atoms with Crippen molar-refractivity contribution in [2.24, 2.45) is 0 Å². The Hall–Kier alpha value is -1.07. The van der Waals surface area contributed by atoms with Crippen molar-refractivity contribution in [3.8, 4) is 0 Å². The third-order valence-electron chi connectivity index (χ3n) is 3.81. The fourth-order valence-electron chi connectivity index (χ4n) is 2.61. The van der Waals surface area contributed by atoms with Gasteiger partial charge in [0.05, 0.1) is 12.1 Å². The SMILES string of the molecule is CC1Cc2cc(C(C)(C)O)ccc2CN1CC(F)(F)F. The molecule has 1 heterocycles. The molecule has 2 rings (SSSR count). The van der Waals surface area contributed by atoms with Crippen LogP contribution in [-0.2, 0) is 18.6 Å². The van der Waals surface area contributed by atoms with Gasteiger partial charge in [-0.25, -0.2) is 0 Å². The molecule has 0 saturated carbocycles. The summed E-state index contributed by atoms with van der Waals surface area (Å²) < 4.78 is 37.6. The van der Waals surface area contributed by atoms with Gasteiger partial charge in [-0.2, -0.15) is 13.2 Å². The highest BCUT2D eigenvalue weighted by Gasteiger charge is 2.35. The largest absolute Gasteiger partial charge is 0.401 e. The highest BCUT2D eigenvalue weighted by atomic mass is 19.4. The Morgan fingerprint density at radius 1 is 1.25 bits per heavy atom. The van der Waals surface area contributed by atoms with Gasteiger partial charge in [-0.3, -0.25) is 4.90 Å². The van der Waals surface area contributed by atoms with Crippen molar-refractivity contribution in [3.63, 3.8) is 0 Å². The molecule has 112 valence electrons. The second-order valence-corrected chi connectivity index (χ2v) is 6.12. The van der Waals surface area contributed by atoms with Crippen molar-refractivity contribution >= 4 is 0 Å². The highest BCUT2D eigenvalue weighted by Crippen LogP contribution is 2.30. The third-order valence-corrected chi connectivity index (χ3v) is 3.81. The van der Waals surface area contributed by atoms with E-state index in [2.05, 4.69) is 0 Å². The van der Waals surface area contributed by atoms with Crippen LogP contribution in [0.2, 0.25) is 0 Å². The Morgan fingerprint density at radius 3 is 2.45 bits per heavy atom. The Balaban J connectivity index is 2.23. The van der Waals surface area contributed by atoms with Crippen LogP contribution in [0.5, 0.6) is 0 Å². The summed E-state index contributed by atoms with van der Waals surface area (Å²) in [5.41, 5.74) is 1.82. The molecule has 1 aromatic carbocycles. The average molecular weight is 287 g/mol. The smallest absolute Gasteiger partial charge is 0.386 e. The van der Waals surface area contributed by atoms with Crippen LogP contribution in [0.25, 0.3) is 0 Å². The van der Waals surface area contributed by atoms with Gasteiger partial charge in [-0.15, -0.1) is 0 Å². The molecule has 0 aromatic heterocycles. The number of benzene rings is 1. The van der Waals surface area contributed by atoms with Gasteiger partial charge < -0.3 is 5.11 Å². The lowest BCUT2D eigenvalue weighted by Crippen LogP contribution is -2.43. The fourth-order valence-corrected chi connectivity index (χ4v) is 2.61. The molecule has 0 bridgehead atoms. The van der Waals surface area contributed by atoms with E-state index in [1.807, 2.05) is 19.1 Å². The number of halogens is 3. The zero-order chi connectivity index (χ0) is 15.1. The Bertz CT molecular complexity index is 491. The number of hydrogen-bond acceptors (Lipinski definition) is 2. The predicted molar refractivity (Wildman–Crippen MR) is 71.3 cm³/mol. The summed E-state index contributed by atoms with van der Waals surface area (Å²) in [6.07, 6.45) is -3.59. The number of aliphatic hydroxyl groups is 1. The van der Waals surface area contributed by atoms with Gasteiger partial charge in [0.15, 0.2) is 0 Å². The van der Waals surface area contributed by atoms with Gasteiger partial charge in [0.25, 0.3) is 0 Å². The normalized spacial score (nSPS) is 20.9. The Morgan fingerprint density at radius 2 is 1.90 bits per heavy atom. The van der Waals surface area contributed by atoms with E-state index in [1.165, 1.54) is 4.90 Å². The summed E-state index contributed by atoms with van der Waals surface area (Å²) in [6, 6.07) is 5.39. The topological polar surface area (TPSA) is 23.5 Å². The van der Waals surface area contributed by atoms with E-state index in [1.54, 1.807) is 19.9 Å². The molecular weight excluding hydrogens is 267 g/mol. The van der Waals surface area contributed by atoms with Crippen molar-refractivity contribution in [1.82, 2.24) is 4.90 Å². The first-order chi connectivity index (χ1) is 9.06. The van der Waals surface area contributed by atoms with Crippen LogP contribution in [0, 0.1) is 0 Å². The summed E-state index contributed by atoms with van der Waals surface area (Å²) >= 11 is 0. The van der Waals surface area contributed by atoms with Gasteiger partial charge in [0.2, 0.25) is 0 Å². The summed E-state index contributed by atoms with van der Waals surface area (Å²) in [5.74, 6) is 0. The number of hydrogen-bond donors (Lipinski definition) is 1. The number of rotatable bonds is 2. The summed E-state index contributed by atoms with van der Waals surface area (Å²) in [7, 11) is 0. The number of alkyl halides is 3. The third kappa shape index (κ3) is 3.52. The second-order valence-electron chi connectivity index (χ2n) is 6.12. The molecule has 0 saturated heterocycles. The maximum absolute atomic E-state index is 12.5. The van der Waals surface area contributed by atoms with Crippen LogP contribution < -0.4 is 0 Å². The number of fused-ring (bicyclic) bond motifs is 1. The molecular formula is C15H20F3NO. The molecule has 2 nitrogen and oxygen atoms in total. The lowest BCUT2D eigenvalue weighted by atomic mass is 9.89. The molecule has 1 aliphatic heterocycles. The minimum atomic E-state index is -4.17. The molecule has 1 N–H and O–H groups in total. The molecule has 1 aliphatic rings. The zero-order valence-electron chi connectivity index (χ0n) is 12.0. The molecule has 0 radical (unpaired) electrons. The Kier molecular flexibility index (Phi) is 3.86. The lowest BCUT2D eigenvalue weighted by molar-refractivity contribution is -0.152. The van der Waals surface area contributed by atoms with E-state index in [0.717, 1.165) is 16.7 Å². The van der Waals surface area contributed by atoms with Crippen LogP contribution in [0.1, 0.15) is 37.5 Å². The molecule has 20 heavy (non-hydrogen) atoms. The van der Waals surface area contributed by atoms with Gasteiger partial charge in [-0.1, -0.05) is 18.2 Å². The maximum Gasteiger partial charge on any atom is 0.401 e. The van der Waals surface area contributed by atoms with Crippen molar-refractivity contribution in [3.05, 3.63) is 34.9 Å². The van der Waals surface area contributed by atoms with Crippen LogP contribution in [-0.4, -0.2) is 28.8 Å². The van der Waals surface area contributed by atoms with Crippen LogP contribution in [0.4, 0.5) is 13.2 Å². The van der Waals surface area contributed by atoms with Crippen LogP contribution >= 0.6 is 0 Å². The van der Waals surface area contributed by atoms with Gasteiger partial charge in [0, 0.05) is 12.6 Å². The minimum Gasteiger partial charge on any atom is -0.386 e. The van der Waals surface area contributed by atoms with E-state index < -0.39 is 18.3 Å².